The molecule has 1 unspecified atom stereocenters. The van der Waals surface area contributed by atoms with E-state index in [1.807, 2.05) is 36.8 Å². The fraction of sp³-hybridized carbons (Fsp3) is 0.224. The molecule has 84 heavy (non-hydrogen) atoms. The molecule has 9 aromatic rings. The molecule has 0 aliphatic rings. The zero-order chi connectivity index (χ0) is 62.0. The molecule has 2 N–H and O–H groups in total. The summed E-state index contributed by atoms with van der Waals surface area (Å²) in [5.41, 5.74) is 3.98. The Bertz CT molecular complexity index is 4330. The number of nitrogens with zero attached hydrogens (tertiary/aromatic N) is 11. The molecule has 23 nitrogen and oxygen atoms in total. The van der Waals surface area contributed by atoms with E-state index in [0.717, 1.165) is 76.1 Å². The van der Waals surface area contributed by atoms with Crippen LogP contribution in [0.4, 0.5) is 11.6 Å². The van der Waals surface area contributed by atoms with Crippen molar-refractivity contribution in [1.82, 2.24) is 52.8 Å². The first-order chi connectivity index (χ1) is 39.3. The molecular formula is C49H53ClN12O11S11. The number of aliphatic hydroxyl groups is 1. The highest BCUT2D eigenvalue weighted by Crippen LogP contribution is 2.35. The highest BCUT2D eigenvalue weighted by Gasteiger charge is 2.24. The number of thioether (sulfide) groups is 2. The van der Waals surface area contributed by atoms with Crippen molar-refractivity contribution in [2.24, 2.45) is 0 Å². The molecule has 8 heterocycles. The predicted octanol–water partition coefficient (Wildman–Crippen LogP) is 9.14. The number of aromatic nitrogens is 8. The topological polar surface area (TPSA) is 316 Å². The lowest BCUT2D eigenvalue weighted by molar-refractivity contribution is 0.199. The second-order valence-electron chi connectivity index (χ2n) is 17.3. The molecule has 0 amide bonds. The Hall–Kier alpha value is -5.28. The number of sulfonamides is 3. The van der Waals surface area contributed by atoms with Crippen LogP contribution in [0.2, 0.25) is 0 Å². The number of benzene rings is 1. The lowest BCUT2D eigenvalue weighted by atomic mass is 10.1. The van der Waals surface area contributed by atoms with Gasteiger partial charge in [-0.25, -0.2) is 94.9 Å². The van der Waals surface area contributed by atoms with Crippen molar-refractivity contribution in [2.45, 2.75) is 45.3 Å². The largest absolute Gasteiger partial charge is 0.389 e. The molecule has 0 fully saturated rings. The number of hydrogen-bond donors (Lipinski definition) is 2. The minimum Gasteiger partial charge on any atom is -0.389 e. The summed E-state index contributed by atoms with van der Waals surface area (Å²) >= 11 is 7.37. The summed E-state index contributed by atoms with van der Waals surface area (Å²) < 4.78 is 122. The van der Waals surface area contributed by atoms with Gasteiger partial charge >= 0.3 is 0 Å². The number of hydrogen-bond acceptors (Lipinski definition) is 26. The molecule has 1 atom stereocenters. The lowest BCUT2D eigenvalue weighted by Gasteiger charge is -2.09. The van der Waals surface area contributed by atoms with E-state index in [0.29, 0.717) is 42.4 Å². The molecular weight excluding hydrogens is 1320 g/mol. The third kappa shape index (κ3) is 17.9. The molecule has 0 saturated heterocycles. The van der Waals surface area contributed by atoms with Crippen LogP contribution in [-0.4, -0.2) is 161 Å². The van der Waals surface area contributed by atoms with E-state index in [-0.39, 0.29) is 17.8 Å². The summed E-state index contributed by atoms with van der Waals surface area (Å²) in [7, 11) is -3.33. The minimum absolute atomic E-state index is 0.124. The van der Waals surface area contributed by atoms with E-state index in [1.165, 1.54) is 110 Å². The van der Waals surface area contributed by atoms with Crippen LogP contribution in [0, 0.1) is 0 Å². The van der Waals surface area contributed by atoms with Crippen LogP contribution in [-0.2, 0) is 49.0 Å². The van der Waals surface area contributed by atoms with Crippen LogP contribution >= 0.6 is 79.6 Å². The first-order valence-electron chi connectivity index (χ1n) is 23.6. The van der Waals surface area contributed by atoms with Gasteiger partial charge in [-0.15, -0.1) is 45.3 Å². The van der Waals surface area contributed by atoms with Crippen LogP contribution in [0.1, 0.15) is 18.6 Å². The average Bonchev–Trinajstić information content (AvgIpc) is 4.08. The molecule has 0 spiro atoms. The SMILES string of the molecule is CC(O)c1cccc(Nc2nccc(-c3ccc(S(=O)(=O)N(C)C)s3)n2)c1.CN(C)S(=O)(=O)c1ccc(-c2ccnc(S(C)(=O)=O)n2)s1.CSc1nccc(-c2ccc(S(=O)(=O)Cl)s2)n1.CSc1nccc(-c2ccc(S(=O)(=O)N(C)C)s2)n1. The Kier molecular flexibility index (Phi) is 23.4. The maximum atomic E-state index is 12.2. The van der Waals surface area contributed by atoms with Crippen molar-refractivity contribution in [3.63, 3.8) is 0 Å². The fourth-order valence-electron chi connectivity index (χ4n) is 6.29. The monoisotopic (exact) mass is 1370 g/mol. The molecule has 0 aliphatic carbocycles. The summed E-state index contributed by atoms with van der Waals surface area (Å²) in [6.45, 7) is 1.70. The van der Waals surface area contributed by atoms with Crippen LogP contribution in [0.3, 0.4) is 0 Å². The van der Waals surface area contributed by atoms with Gasteiger partial charge in [-0.05, 0) is 110 Å². The Morgan fingerprint density at radius 2 is 0.869 bits per heavy atom. The summed E-state index contributed by atoms with van der Waals surface area (Å²) in [6, 6.07) is 27.1. The second kappa shape index (κ2) is 28.9. The van der Waals surface area contributed by atoms with Crippen molar-refractivity contribution in [3.05, 3.63) is 127 Å². The first-order valence-corrected chi connectivity index (χ1v) is 37.9. The smallest absolute Gasteiger partial charge is 0.270 e. The van der Waals surface area contributed by atoms with Crippen LogP contribution < -0.4 is 5.32 Å². The number of rotatable bonds is 17. The molecule has 8 aromatic heterocycles. The molecule has 0 saturated carbocycles. The number of aliphatic hydroxyl groups excluding tert-OH is 1. The Morgan fingerprint density at radius 1 is 0.500 bits per heavy atom. The molecule has 35 heteroatoms. The number of halogens is 1. The van der Waals surface area contributed by atoms with E-state index in [9.17, 15) is 47.2 Å². The number of sulfone groups is 1. The van der Waals surface area contributed by atoms with Crippen LogP contribution in [0.25, 0.3) is 42.3 Å². The van der Waals surface area contributed by atoms with Crippen molar-refractivity contribution in [3.8, 4) is 42.3 Å². The summed E-state index contributed by atoms with van der Waals surface area (Å²) in [4.78, 5) is 36.0. The van der Waals surface area contributed by atoms with Gasteiger partial charge < -0.3 is 10.4 Å². The highest BCUT2D eigenvalue weighted by atomic mass is 35.7. The summed E-state index contributed by atoms with van der Waals surface area (Å²) in [5.74, 6) is 0.389. The van der Waals surface area contributed by atoms with Crippen molar-refractivity contribution >= 4 is 140 Å². The van der Waals surface area contributed by atoms with Gasteiger partial charge in [0.05, 0.1) is 48.4 Å². The van der Waals surface area contributed by atoms with Gasteiger partial charge in [0.15, 0.2) is 10.3 Å². The summed E-state index contributed by atoms with van der Waals surface area (Å²) in [5, 5.41) is 13.8. The molecule has 0 bridgehead atoms. The van der Waals surface area contributed by atoms with E-state index in [2.05, 4.69) is 45.2 Å². The van der Waals surface area contributed by atoms with E-state index < -0.39 is 55.1 Å². The first kappa shape index (κ1) is 67.8. The normalized spacial score (nSPS) is 12.4. The fourth-order valence-corrected chi connectivity index (χ4v) is 16.9. The molecule has 1 aromatic carbocycles. The number of nitrogens with one attached hydrogen (secondary N) is 1. The van der Waals surface area contributed by atoms with Gasteiger partial charge in [0.1, 0.15) is 16.8 Å². The third-order valence-corrected chi connectivity index (χ3v) is 26.0. The third-order valence-electron chi connectivity index (χ3n) is 10.7. The van der Waals surface area contributed by atoms with Crippen molar-refractivity contribution < 1.29 is 47.2 Å². The maximum Gasteiger partial charge on any atom is 0.270 e. The average molecular weight is 1370 g/mol. The van der Waals surface area contributed by atoms with E-state index in [4.69, 9.17) is 10.7 Å². The number of anilines is 2. The van der Waals surface area contributed by atoms with Gasteiger partial charge in [0, 0.05) is 89.7 Å². The zero-order valence-corrected chi connectivity index (χ0v) is 55.7. The number of thiophene rings is 4. The molecule has 0 radical (unpaired) electrons. The van der Waals surface area contributed by atoms with Crippen molar-refractivity contribution in [1.29, 1.82) is 0 Å². The standard InChI is InChI=1S/C18H20N4O3S2.C11H13N3O4S3.C11H13N3O2S3.C9H7ClN2O2S3/c1-12(23)13-5-4-6-14(11-13)20-18-19-10-9-15(21-18)16-7-8-17(26-16)27(24,25)22(2)3;1-14(2)21(17,18)10-5-4-9(19-10)8-6-7-12-11(13-8)20(3,15)16;1-14(2)19(15,16)10-5-4-9(18-10)8-6-7-12-11(13-8)17-3;1-15-9-11-5-4-6(12-9)7-2-3-8(16-7)17(10,13)14/h4-12,23H,1-3H3,(H,19,20,21);4-7H,1-3H3;4-7H,1-3H3;2-5H,1H3. The second-order valence-corrected chi connectivity index (χ2v) is 35.0. The maximum absolute atomic E-state index is 12.2. The molecule has 0 aliphatic heterocycles. The Labute approximate surface area is 516 Å². The highest BCUT2D eigenvalue weighted by molar-refractivity contribution is 8.15. The van der Waals surface area contributed by atoms with Crippen molar-refractivity contribution in [2.75, 3.05) is 66.4 Å². The summed E-state index contributed by atoms with van der Waals surface area (Å²) in [6.07, 6.45) is 10.5. The minimum atomic E-state index is -3.66. The van der Waals surface area contributed by atoms with Gasteiger partial charge in [-0.2, -0.15) is 0 Å². The van der Waals surface area contributed by atoms with Gasteiger partial charge in [0.25, 0.3) is 39.1 Å². The predicted molar refractivity (Wildman–Crippen MR) is 334 cm³/mol. The van der Waals surface area contributed by atoms with Crippen LogP contribution in [0.15, 0.2) is 154 Å². The molecule has 448 valence electrons. The Morgan fingerprint density at radius 3 is 1.24 bits per heavy atom. The zero-order valence-electron chi connectivity index (χ0n) is 45.9. The lowest BCUT2D eigenvalue weighted by Crippen LogP contribution is -2.21. The van der Waals surface area contributed by atoms with E-state index in [1.54, 1.807) is 80.1 Å². The molecule has 9 rings (SSSR count). The van der Waals surface area contributed by atoms with E-state index >= 15 is 0 Å². The van der Waals surface area contributed by atoms with Gasteiger partial charge in [-0.3, -0.25) is 0 Å². The quantitative estimate of drug-likeness (QED) is 0.0487. The van der Waals surface area contributed by atoms with Crippen LogP contribution in [0.5, 0.6) is 0 Å². The van der Waals surface area contributed by atoms with Gasteiger partial charge in [-0.1, -0.05) is 35.7 Å². The Balaban J connectivity index is 0.000000182. The van der Waals surface area contributed by atoms with Gasteiger partial charge in [0.2, 0.25) is 20.9 Å².